The molecule has 0 bridgehead atoms. The zero-order valence-electron chi connectivity index (χ0n) is 18.1. The van der Waals surface area contributed by atoms with Gasteiger partial charge in [0.1, 0.15) is 0 Å². The van der Waals surface area contributed by atoms with E-state index in [4.69, 9.17) is 27.7 Å². The topological polar surface area (TPSA) is 98.3 Å². The first-order valence-electron chi connectivity index (χ1n) is 10.3. The molecule has 0 N–H and O–H groups in total. The molecule has 1 amide bonds. The van der Waals surface area contributed by atoms with Crippen molar-refractivity contribution in [2.75, 3.05) is 6.26 Å². The first kappa shape index (κ1) is 22.8. The van der Waals surface area contributed by atoms with E-state index in [9.17, 15) is 13.8 Å². The molecule has 0 aliphatic carbocycles. The van der Waals surface area contributed by atoms with Crippen LogP contribution in [-0.4, -0.2) is 42.0 Å². The van der Waals surface area contributed by atoms with E-state index in [0.717, 1.165) is 5.39 Å². The second kappa shape index (κ2) is 8.65. The second-order valence-electron chi connectivity index (χ2n) is 8.08. The van der Waals surface area contributed by atoms with Crippen molar-refractivity contribution in [3.8, 4) is 5.69 Å². The molecule has 5 rings (SSSR count). The van der Waals surface area contributed by atoms with Crippen LogP contribution in [0.25, 0.3) is 16.7 Å². The van der Waals surface area contributed by atoms with Gasteiger partial charge in [-0.15, -0.1) is 0 Å². The van der Waals surface area contributed by atoms with Gasteiger partial charge in [-0.05, 0) is 43.7 Å². The van der Waals surface area contributed by atoms with Crippen molar-refractivity contribution in [3.63, 3.8) is 0 Å². The van der Waals surface area contributed by atoms with Crippen LogP contribution in [0.5, 0.6) is 0 Å². The highest BCUT2D eigenvalue weighted by Gasteiger charge is 2.32. The third kappa shape index (κ3) is 3.83. The molecule has 34 heavy (non-hydrogen) atoms. The van der Waals surface area contributed by atoms with Crippen molar-refractivity contribution in [1.29, 1.82) is 0 Å². The first-order chi connectivity index (χ1) is 16.2. The molecule has 1 aliphatic heterocycles. The number of aromatic nitrogens is 3. The second-order valence-corrected chi connectivity index (χ2v) is 10.2. The number of fused-ring (bicyclic) bond motifs is 2. The zero-order chi connectivity index (χ0) is 24.1. The summed E-state index contributed by atoms with van der Waals surface area (Å²) < 4.78 is 19.2. The van der Waals surface area contributed by atoms with Crippen molar-refractivity contribution in [3.05, 3.63) is 79.8 Å². The smallest absolute Gasteiger partial charge is 0.262 e. The third-order valence-electron chi connectivity index (χ3n) is 5.87. The van der Waals surface area contributed by atoms with Gasteiger partial charge in [0.25, 0.3) is 11.5 Å². The largest absolute Gasteiger partial charge is 0.356 e. The first-order valence-corrected chi connectivity index (χ1v) is 12.6. The lowest BCUT2D eigenvalue weighted by Gasteiger charge is -2.34. The molecule has 0 fully saturated rings. The van der Waals surface area contributed by atoms with E-state index in [-0.39, 0.29) is 34.2 Å². The number of hydrogen-bond acceptors (Lipinski definition) is 6. The van der Waals surface area contributed by atoms with E-state index in [2.05, 4.69) is 10.1 Å². The van der Waals surface area contributed by atoms with Gasteiger partial charge < -0.3 is 9.42 Å². The highest BCUT2D eigenvalue weighted by molar-refractivity contribution is 7.84. The molecule has 0 saturated carbocycles. The minimum Gasteiger partial charge on any atom is -0.356 e. The Morgan fingerprint density at radius 2 is 1.97 bits per heavy atom. The Morgan fingerprint density at radius 3 is 2.71 bits per heavy atom. The number of rotatable bonds is 3. The van der Waals surface area contributed by atoms with Crippen LogP contribution in [0.3, 0.4) is 0 Å². The average Bonchev–Trinajstić information content (AvgIpc) is 3.28. The van der Waals surface area contributed by atoms with Crippen molar-refractivity contribution < 1.29 is 13.5 Å². The lowest BCUT2D eigenvalue weighted by molar-refractivity contribution is 0.0652. The van der Waals surface area contributed by atoms with Gasteiger partial charge >= 0.3 is 0 Å². The number of halogens is 2. The number of benzene rings is 2. The van der Waals surface area contributed by atoms with Gasteiger partial charge in [-0.1, -0.05) is 28.4 Å². The molecular weight excluding hydrogens is 499 g/mol. The maximum Gasteiger partial charge on any atom is 0.262 e. The molecule has 2 atom stereocenters. The van der Waals surface area contributed by atoms with Gasteiger partial charge in [0.15, 0.2) is 5.58 Å². The Balaban J connectivity index is 1.59. The van der Waals surface area contributed by atoms with Crippen molar-refractivity contribution in [2.24, 2.45) is 0 Å². The summed E-state index contributed by atoms with van der Waals surface area (Å²) in [5.74, 6) is -0.252. The van der Waals surface area contributed by atoms with Crippen LogP contribution < -0.4 is 5.56 Å². The maximum absolute atomic E-state index is 13.6. The molecule has 2 aromatic heterocycles. The SMILES string of the molecule is C[C@@H]1Cc2c(nc(S(C)=O)n(-c3ccc4cnoc4c3)c2=O)CN1C(=O)c1ccc(Cl)c(Cl)c1. The average molecular weight is 517 g/mol. The molecule has 0 radical (unpaired) electrons. The molecule has 8 nitrogen and oxygen atoms in total. The number of carbonyl (C=O) groups excluding carboxylic acids is 1. The predicted molar refractivity (Wildman–Crippen MR) is 129 cm³/mol. The fourth-order valence-electron chi connectivity index (χ4n) is 4.11. The normalized spacial score (nSPS) is 16.5. The summed E-state index contributed by atoms with van der Waals surface area (Å²) >= 11 is 12.1. The molecule has 174 valence electrons. The van der Waals surface area contributed by atoms with Gasteiger partial charge in [0, 0.05) is 34.9 Å². The minimum atomic E-state index is -1.58. The quantitative estimate of drug-likeness (QED) is 0.381. The molecule has 0 saturated heterocycles. The van der Waals surface area contributed by atoms with E-state index < -0.39 is 10.8 Å². The summed E-state index contributed by atoms with van der Waals surface area (Å²) in [6.07, 6.45) is 3.34. The molecule has 1 aliphatic rings. The molecular formula is C23H18Cl2N4O4S. The van der Waals surface area contributed by atoms with Gasteiger partial charge in [0.05, 0.1) is 45.0 Å². The van der Waals surface area contributed by atoms with Crippen LogP contribution in [-0.2, 0) is 23.8 Å². The minimum absolute atomic E-state index is 0.0964. The summed E-state index contributed by atoms with van der Waals surface area (Å²) in [6, 6.07) is 9.60. The lowest BCUT2D eigenvalue weighted by Crippen LogP contribution is -2.46. The number of hydrogen-bond donors (Lipinski definition) is 0. The van der Waals surface area contributed by atoms with E-state index in [1.165, 1.54) is 16.9 Å². The number of amides is 1. The predicted octanol–water partition coefficient (Wildman–Crippen LogP) is 4.00. The van der Waals surface area contributed by atoms with Crippen LogP contribution in [0.4, 0.5) is 0 Å². The maximum atomic E-state index is 13.6. The Kier molecular flexibility index (Phi) is 5.79. The third-order valence-corrected chi connectivity index (χ3v) is 7.39. The number of carbonyl (C=O) groups is 1. The monoisotopic (exact) mass is 516 g/mol. The fourth-order valence-corrected chi connectivity index (χ4v) is 5.09. The Labute approximate surface area is 206 Å². The van der Waals surface area contributed by atoms with Crippen molar-refractivity contribution in [1.82, 2.24) is 19.6 Å². The van der Waals surface area contributed by atoms with Gasteiger partial charge in [0.2, 0.25) is 5.16 Å². The molecule has 4 aromatic rings. The molecule has 2 aromatic carbocycles. The molecule has 0 spiro atoms. The molecule has 3 heterocycles. The van der Waals surface area contributed by atoms with E-state index in [1.54, 1.807) is 41.4 Å². The van der Waals surface area contributed by atoms with Crippen LogP contribution in [0.1, 0.15) is 28.5 Å². The van der Waals surface area contributed by atoms with Crippen molar-refractivity contribution in [2.45, 2.75) is 31.1 Å². The van der Waals surface area contributed by atoms with Crippen LogP contribution >= 0.6 is 23.2 Å². The number of nitrogens with zero attached hydrogens (tertiary/aromatic N) is 4. The van der Waals surface area contributed by atoms with Crippen LogP contribution in [0.2, 0.25) is 10.0 Å². The Bertz CT molecular complexity index is 1550. The van der Waals surface area contributed by atoms with Crippen LogP contribution in [0.15, 0.2) is 57.1 Å². The zero-order valence-corrected chi connectivity index (χ0v) is 20.4. The molecule has 1 unspecified atom stereocenters. The molecule has 11 heteroatoms. The summed E-state index contributed by atoms with van der Waals surface area (Å²) in [7, 11) is -1.58. The fraction of sp³-hybridized carbons (Fsp3) is 0.217. The van der Waals surface area contributed by atoms with Crippen LogP contribution in [0, 0.1) is 0 Å². The van der Waals surface area contributed by atoms with E-state index in [1.807, 2.05) is 6.92 Å². The summed E-state index contributed by atoms with van der Waals surface area (Å²) in [5.41, 5.74) is 1.97. The van der Waals surface area contributed by atoms with Gasteiger partial charge in [-0.3, -0.25) is 18.4 Å². The Morgan fingerprint density at radius 1 is 1.18 bits per heavy atom. The highest BCUT2D eigenvalue weighted by atomic mass is 35.5. The lowest BCUT2D eigenvalue weighted by atomic mass is 9.98. The van der Waals surface area contributed by atoms with E-state index in [0.29, 0.717) is 39.5 Å². The van der Waals surface area contributed by atoms with Gasteiger partial charge in [-0.25, -0.2) is 4.98 Å². The van der Waals surface area contributed by atoms with Gasteiger partial charge in [-0.2, -0.15) is 0 Å². The standard InChI is InChI=1S/C23H18Cl2N4O4S/c1-12-7-16-19(11-28(12)21(30)13-4-6-17(24)18(25)8-13)27-23(34(2)32)29(22(16)31)15-5-3-14-10-26-33-20(14)9-15/h3-6,8-10,12H,7,11H2,1-2H3/t12-,34?/m1/s1. The van der Waals surface area contributed by atoms with E-state index >= 15 is 0 Å². The highest BCUT2D eigenvalue weighted by Crippen LogP contribution is 2.27. The summed E-state index contributed by atoms with van der Waals surface area (Å²) in [4.78, 5) is 33.0. The Hall–Kier alpha value is -3.01. The summed E-state index contributed by atoms with van der Waals surface area (Å²) in [6.45, 7) is 1.98. The van der Waals surface area contributed by atoms with Crippen molar-refractivity contribution >= 4 is 50.9 Å². The summed E-state index contributed by atoms with van der Waals surface area (Å²) in [5, 5.41) is 5.29.